The van der Waals surface area contributed by atoms with Crippen LogP contribution in [0.15, 0.2) is 28.7 Å². The highest BCUT2D eigenvalue weighted by atomic mass is 79.9. The molecule has 2 rings (SSSR count). The second-order valence-electron chi connectivity index (χ2n) is 3.62. The first-order valence-electron chi connectivity index (χ1n) is 4.50. The molecule has 0 saturated heterocycles. The fourth-order valence-electron chi connectivity index (χ4n) is 1.81. The Balaban J connectivity index is 2.07. The minimum Gasteiger partial charge on any atom is -0.303 e. The molecule has 0 amide bonds. The molecule has 1 aromatic carbocycles. The predicted octanol–water partition coefficient (Wildman–Crippen LogP) is 3.14. The summed E-state index contributed by atoms with van der Waals surface area (Å²) >= 11 is 3.45. The molecule has 13 heavy (non-hydrogen) atoms. The second kappa shape index (κ2) is 3.62. The molecule has 1 aromatic rings. The van der Waals surface area contributed by atoms with Crippen LogP contribution >= 0.6 is 15.9 Å². The maximum Gasteiger partial charge on any atom is 0.123 e. The molecule has 0 heterocycles. The van der Waals surface area contributed by atoms with Gasteiger partial charge in [0.05, 0.1) is 0 Å². The average Bonchev–Trinajstić information content (AvgIpc) is 2.02. The van der Waals surface area contributed by atoms with Crippen molar-refractivity contribution in [3.8, 4) is 0 Å². The molecule has 0 radical (unpaired) electrons. The standard InChI is InChI=1S/C11H11BrO/c12-11-3-1-2-9(6-11)10-4-8(5-10)7-13/h1-3,6-8,10H,4-5H2. The number of carbonyl (C=O) groups excluding carboxylic acids is 1. The third-order valence-corrected chi connectivity index (χ3v) is 3.18. The van der Waals surface area contributed by atoms with Crippen LogP contribution in [0.5, 0.6) is 0 Å². The zero-order valence-corrected chi connectivity index (χ0v) is 8.83. The van der Waals surface area contributed by atoms with Crippen molar-refractivity contribution in [1.29, 1.82) is 0 Å². The van der Waals surface area contributed by atoms with Gasteiger partial charge in [0, 0.05) is 10.4 Å². The maximum absolute atomic E-state index is 10.4. The third-order valence-electron chi connectivity index (χ3n) is 2.69. The van der Waals surface area contributed by atoms with Crippen molar-refractivity contribution in [3.05, 3.63) is 34.3 Å². The molecule has 0 atom stereocenters. The lowest BCUT2D eigenvalue weighted by Crippen LogP contribution is -2.22. The van der Waals surface area contributed by atoms with E-state index < -0.39 is 0 Å². The van der Waals surface area contributed by atoms with E-state index in [4.69, 9.17) is 0 Å². The number of rotatable bonds is 2. The van der Waals surface area contributed by atoms with E-state index in [2.05, 4.69) is 28.1 Å². The number of hydrogen-bond donors (Lipinski definition) is 0. The van der Waals surface area contributed by atoms with E-state index >= 15 is 0 Å². The van der Waals surface area contributed by atoms with Crippen LogP contribution in [0.4, 0.5) is 0 Å². The van der Waals surface area contributed by atoms with Gasteiger partial charge in [-0.2, -0.15) is 0 Å². The van der Waals surface area contributed by atoms with Crippen molar-refractivity contribution in [3.63, 3.8) is 0 Å². The Kier molecular flexibility index (Phi) is 2.49. The highest BCUT2D eigenvalue weighted by molar-refractivity contribution is 9.10. The largest absolute Gasteiger partial charge is 0.303 e. The van der Waals surface area contributed by atoms with E-state index in [-0.39, 0.29) is 0 Å². The number of carbonyl (C=O) groups is 1. The van der Waals surface area contributed by atoms with Gasteiger partial charge in [0.15, 0.2) is 0 Å². The van der Waals surface area contributed by atoms with Gasteiger partial charge in [-0.3, -0.25) is 0 Å². The summed E-state index contributed by atoms with van der Waals surface area (Å²) in [6.07, 6.45) is 3.13. The predicted molar refractivity (Wildman–Crippen MR) is 55.7 cm³/mol. The maximum atomic E-state index is 10.4. The van der Waals surface area contributed by atoms with Gasteiger partial charge in [-0.25, -0.2) is 0 Å². The van der Waals surface area contributed by atoms with E-state index in [1.54, 1.807) is 0 Å². The zero-order valence-electron chi connectivity index (χ0n) is 7.24. The fourth-order valence-corrected chi connectivity index (χ4v) is 2.22. The SMILES string of the molecule is O=CC1CC(c2cccc(Br)c2)C1. The normalized spacial score (nSPS) is 26.5. The van der Waals surface area contributed by atoms with Crippen LogP contribution in [0.1, 0.15) is 24.3 Å². The molecular formula is C11H11BrO. The Hall–Kier alpha value is -0.630. The van der Waals surface area contributed by atoms with Crippen LogP contribution in [-0.2, 0) is 4.79 Å². The van der Waals surface area contributed by atoms with Crippen molar-refractivity contribution >= 4 is 22.2 Å². The quantitative estimate of drug-likeness (QED) is 0.724. The van der Waals surface area contributed by atoms with Crippen LogP contribution in [0, 0.1) is 5.92 Å². The molecular weight excluding hydrogens is 228 g/mol. The summed E-state index contributed by atoms with van der Waals surface area (Å²) in [6, 6.07) is 8.36. The number of aldehydes is 1. The Bertz CT molecular complexity index is 316. The molecule has 2 heteroatoms. The van der Waals surface area contributed by atoms with Crippen LogP contribution in [-0.4, -0.2) is 6.29 Å². The summed E-state index contributed by atoms with van der Waals surface area (Å²) in [6.45, 7) is 0. The van der Waals surface area contributed by atoms with Crippen molar-refractivity contribution in [1.82, 2.24) is 0 Å². The van der Waals surface area contributed by atoms with Gasteiger partial charge < -0.3 is 4.79 Å². The summed E-state index contributed by atoms with van der Waals surface area (Å²) in [5.41, 5.74) is 1.35. The van der Waals surface area contributed by atoms with Crippen LogP contribution in [0.25, 0.3) is 0 Å². The number of benzene rings is 1. The Morgan fingerprint density at radius 3 is 2.77 bits per heavy atom. The number of halogens is 1. The summed E-state index contributed by atoms with van der Waals surface area (Å²) in [4.78, 5) is 10.4. The Labute approximate surface area is 86.3 Å². The first-order valence-corrected chi connectivity index (χ1v) is 5.29. The van der Waals surface area contributed by atoms with E-state index in [0.717, 1.165) is 23.6 Å². The first kappa shape index (κ1) is 8.95. The lowest BCUT2D eigenvalue weighted by molar-refractivity contribution is -0.113. The van der Waals surface area contributed by atoms with Crippen LogP contribution < -0.4 is 0 Å². The second-order valence-corrected chi connectivity index (χ2v) is 4.54. The number of hydrogen-bond acceptors (Lipinski definition) is 1. The van der Waals surface area contributed by atoms with Gasteiger partial charge >= 0.3 is 0 Å². The highest BCUT2D eigenvalue weighted by Crippen LogP contribution is 2.40. The molecule has 0 aromatic heterocycles. The molecule has 0 spiro atoms. The van der Waals surface area contributed by atoms with Gasteiger partial charge in [-0.1, -0.05) is 28.1 Å². The average molecular weight is 239 g/mol. The lowest BCUT2D eigenvalue weighted by atomic mass is 9.72. The van der Waals surface area contributed by atoms with E-state index in [1.165, 1.54) is 5.56 Å². The molecule has 1 aliphatic rings. The van der Waals surface area contributed by atoms with Gasteiger partial charge in [0.2, 0.25) is 0 Å². The molecule has 0 aliphatic heterocycles. The molecule has 68 valence electrons. The van der Waals surface area contributed by atoms with E-state index in [1.807, 2.05) is 12.1 Å². The van der Waals surface area contributed by atoms with Gasteiger partial charge in [-0.15, -0.1) is 0 Å². The molecule has 0 unspecified atom stereocenters. The summed E-state index contributed by atoms with van der Waals surface area (Å²) in [7, 11) is 0. The van der Waals surface area contributed by atoms with Gasteiger partial charge in [-0.05, 0) is 36.5 Å². The molecule has 1 nitrogen and oxygen atoms in total. The van der Waals surface area contributed by atoms with E-state index in [9.17, 15) is 4.79 Å². The van der Waals surface area contributed by atoms with Gasteiger partial charge in [0.1, 0.15) is 6.29 Å². The first-order chi connectivity index (χ1) is 6.29. The monoisotopic (exact) mass is 238 g/mol. The van der Waals surface area contributed by atoms with Crippen molar-refractivity contribution in [2.45, 2.75) is 18.8 Å². The molecule has 1 aliphatic carbocycles. The molecule has 1 fully saturated rings. The minimum absolute atomic E-state index is 0.309. The fraction of sp³-hybridized carbons (Fsp3) is 0.364. The minimum atomic E-state index is 0.309. The Morgan fingerprint density at radius 1 is 1.38 bits per heavy atom. The third kappa shape index (κ3) is 1.83. The molecule has 0 bridgehead atoms. The smallest absolute Gasteiger partial charge is 0.123 e. The highest BCUT2D eigenvalue weighted by Gasteiger charge is 2.29. The topological polar surface area (TPSA) is 17.1 Å². The zero-order chi connectivity index (χ0) is 9.26. The molecule has 0 N–H and O–H groups in total. The summed E-state index contributed by atoms with van der Waals surface area (Å²) in [5, 5.41) is 0. The summed E-state index contributed by atoms with van der Waals surface area (Å²) < 4.78 is 1.12. The lowest BCUT2D eigenvalue weighted by Gasteiger charge is -2.31. The van der Waals surface area contributed by atoms with Crippen molar-refractivity contribution in [2.75, 3.05) is 0 Å². The van der Waals surface area contributed by atoms with Gasteiger partial charge in [0.25, 0.3) is 0 Å². The van der Waals surface area contributed by atoms with Crippen LogP contribution in [0.2, 0.25) is 0 Å². The Morgan fingerprint density at radius 2 is 2.15 bits per heavy atom. The van der Waals surface area contributed by atoms with Crippen molar-refractivity contribution < 1.29 is 4.79 Å². The molecule has 1 saturated carbocycles. The van der Waals surface area contributed by atoms with Crippen LogP contribution in [0.3, 0.4) is 0 Å². The van der Waals surface area contributed by atoms with E-state index in [0.29, 0.717) is 11.8 Å². The summed E-state index contributed by atoms with van der Waals surface area (Å²) in [5.74, 6) is 0.914. The van der Waals surface area contributed by atoms with Crippen molar-refractivity contribution in [2.24, 2.45) is 5.92 Å².